The van der Waals surface area contributed by atoms with Crippen LogP contribution in [-0.2, 0) is 18.2 Å². The molecule has 1 unspecified atom stereocenters. The van der Waals surface area contributed by atoms with Crippen LogP contribution < -0.4 is 5.32 Å². The molecule has 0 aromatic carbocycles. The fourth-order valence-corrected chi connectivity index (χ4v) is 3.58. The maximum Gasteiger partial charge on any atom is 0.0738 e. The number of likely N-dealkylation sites (N-methyl/N-ethyl adjacent to an activating group) is 1. The Morgan fingerprint density at radius 2 is 2.20 bits per heavy atom. The highest BCUT2D eigenvalue weighted by atomic mass is 79.9. The van der Waals surface area contributed by atoms with Crippen LogP contribution in [-0.4, -0.2) is 35.6 Å². The van der Waals surface area contributed by atoms with E-state index in [1.807, 2.05) is 18.7 Å². The molecule has 0 amide bonds. The molecule has 0 spiro atoms. The summed E-state index contributed by atoms with van der Waals surface area (Å²) in [6, 6.07) is 0.508. The third-order valence-electron chi connectivity index (χ3n) is 4.32. The summed E-state index contributed by atoms with van der Waals surface area (Å²) in [5, 5.41) is 7.93. The number of hydrogen-bond acceptors (Lipinski definition) is 3. The number of rotatable bonds is 7. The van der Waals surface area contributed by atoms with E-state index in [0.29, 0.717) is 12.1 Å². The normalized spacial score (nSPS) is 23.6. The van der Waals surface area contributed by atoms with Crippen LogP contribution in [0.15, 0.2) is 4.47 Å². The first kappa shape index (κ1) is 16.0. The molecule has 1 aromatic rings. The zero-order chi connectivity index (χ0) is 14.7. The van der Waals surface area contributed by atoms with Crippen molar-refractivity contribution in [2.45, 2.75) is 51.7 Å². The van der Waals surface area contributed by atoms with Crippen LogP contribution in [0.3, 0.4) is 0 Å². The van der Waals surface area contributed by atoms with Crippen LogP contribution in [0.2, 0.25) is 0 Å². The average Bonchev–Trinajstić information content (AvgIpc) is 2.61. The Labute approximate surface area is 130 Å². The Kier molecular flexibility index (Phi) is 5.64. The van der Waals surface area contributed by atoms with Gasteiger partial charge in [-0.05, 0) is 62.0 Å². The molecule has 1 aliphatic carbocycles. The molecule has 0 aliphatic heterocycles. The number of hydrogen-bond donors (Lipinski definition) is 1. The second kappa shape index (κ2) is 7.05. The van der Waals surface area contributed by atoms with Gasteiger partial charge in [0.2, 0.25) is 0 Å². The van der Waals surface area contributed by atoms with Crippen molar-refractivity contribution in [3.8, 4) is 0 Å². The molecule has 20 heavy (non-hydrogen) atoms. The first-order chi connectivity index (χ1) is 9.55. The van der Waals surface area contributed by atoms with Gasteiger partial charge in [0.15, 0.2) is 0 Å². The topological polar surface area (TPSA) is 39.1 Å². The van der Waals surface area contributed by atoms with Crippen molar-refractivity contribution in [2.75, 3.05) is 13.7 Å². The van der Waals surface area contributed by atoms with Gasteiger partial charge in [-0.3, -0.25) is 4.68 Å². The monoisotopic (exact) mass is 343 g/mol. The van der Waals surface area contributed by atoms with Crippen molar-refractivity contribution in [2.24, 2.45) is 13.0 Å². The summed E-state index contributed by atoms with van der Waals surface area (Å²) in [5.41, 5.74) is 2.35. The highest BCUT2D eigenvalue weighted by Gasteiger charge is 2.31. The lowest BCUT2D eigenvalue weighted by atomic mass is 9.77. The summed E-state index contributed by atoms with van der Waals surface area (Å²) < 4.78 is 8.79. The quantitative estimate of drug-likeness (QED) is 0.827. The molecule has 2 rings (SSSR count). The lowest BCUT2D eigenvalue weighted by Gasteiger charge is -2.37. The van der Waals surface area contributed by atoms with E-state index in [1.54, 1.807) is 0 Å². The zero-order valence-electron chi connectivity index (χ0n) is 12.9. The van der Waals surface area contributed by atoms with Crippen LogP contribution >= 0.6 is 15.9 Å². The fraction of sp³-hybridized carbons (Fsp3) is 0.800. The van der Waals surface area contributed by atoms with Crippen molar-refractivity contribution in [3.05, 3.63) is 15.9 Å². The van der Waals surface area contributed by atoms with E-state index >= 15 is 0 Å². The van der Waals surface area contributed by atoms with Gasteiger partial charge in [-0.1, -0.05) is 0 Å². The van der Waals surface area contributed by atoms with Gasteiger partial charge < -0.3 is 10.1 Å². The molecular weight excluding hydrogens is 318 g/mol. The summed E-state index contributed by atoms with van der Waals surface area (Å²) in [6.07, 6.45) is 5.18. The van der Waals surface area contributed by atoms with E-state index in [9.17, 15) is 0 Å². The third-order valence-corrected chi connectivity index (χ3v) is 5.35. The van der Waals surface area contributed by atoms with Crippen molar-refractivity contribution in [3.63, 3.8) is 0 Å². The third kappa shape index (κ3) is 3.62. The van der Waals surface area contributed by atoms with Crippen LogP contribution in [0.5, 0.6) is 0 Å². The molecule has 0 bridgehead atoms. The van der Waals surface area contributed by atoms with Crippen LogP contribution in [0, 0.1) is 12.8 Å². The summed E-state index contributed by atoms with van der Waals surface area (Å²) in [6.45, 7) is 4.96. The van der Waals surface area contributed by atoms with Gasteiger partial charge >= 0.3 is 0 Å². The SMILES string of the molecule is CCOC1CC(CC(Cc2c(Br)c(C)nn2C)NC)C1. The lowest BCUT2D eigenvalue weighted by Crippen LogP contribution is -2.38. The number of aromatic nitrogens is 2. The zero-order valence-corrected chi connectivity index (χ0v) is 14.5. The Balaban J connectivity index is 1.87. The number of aryl methyl sites for hydroxylation is 2. The standard InChI is InChI=1S/C15H26BrN3O/c1-5-20-13-7-11(8-13)6-12(17-3)9-14-15(16)10(2)18-19(14)4/h11-13,17H,5-9H2,1-4H3. The Morgan fingerprint density at radius 3 is 2.70 bits per heavy atom. The number of ether oxygens (including phenoxy) is 1. The minimum atomic E-state index is 0.508. The van der Waals surface area contributed by atoms with Crippen molar-refractivity contribution < 1.29 is 4.74 Å². The first-order valence-corrected chi connectivity index (χ1v) is 8.31. The molecule has 4 nitrogen and oxygen atoms in total. The molecular formula is C15H26BrN3O. The molecule has 1 heterocycles. The van der Waals surface area contributed by atoms with E-state index in [-0.39, 0.29) is 0 Å². The Hall–Kier alpha value is -0.390. The predicted molar refractivity (Wildman–Crippen MR) is 85.0 cm³/mol. The van der Waals surface area contributed by atoms with Gasteiger partial charge in [0.05, 0.1) is 22.0 Å². The van der Waals surface area contributed by atoms with Crippen molar-refractivity contribution in [1.82, 2.24) is 15.1 Å². The van der Waals surface area contributed by atoms with Crippen LogP contribution in [0.4, 0.5) is 0 Å². The highest BCUT2D eigenvalue weighted by molar-refractivity contribution is 9.10. The second-order valence-corrected chi connectivity index (χ2v) is 6.60. The summed E-state index contributed by atoms with van der Waals surface area (Å²) in [5.74, 6) is 0.803. The molecule has 1 atom stereocenters. The number of nitrogens with one attached hydrogen (secondary N) is 1. The number of nitrogens with zero attached hydrogens (tertiary/aromatic N) is 2. The maximum absolute atomic E-state index is 5.64. The predicted octanol–water partition coefficient (Wildman–Crippen LogP) is 2.83. The summed E-state index contributed by atoms with van der Waals surface area (Å²) >= 11 is 3.65. The van der Waals surface area contributed by atoms with E-state index < -0.39 is 0 Å². The molecule has 114 valence electrons. The minimum absolute atomic E-state index is 0.508. The minimum Gasteiger partial charge on any atom is -0.378 e. The van der Waals surface area contributed by atoms with Gasteiger partial charge in [-0.15, -0.1) is 0 Å². The second-order valence-electron chi connectivity index (χ2n) is 5.81. The molecule has 1 N–H and O–H groups in total. The average molecular weight is 344 g/mol. The van der Waals surface area contributed by atoms with Crippen molar-refractivity contribution in [1.29, 1.82) is 0 Å². The number of halogens is 1. The maximum atomic E-state index is 5.64. The fourth-order valence-electron chi connectivity index (χ4n) is 3.08. The van der Waals surface area contributed by atoms with Gasteiger partial charge in [0.25, 0.3) is 0 Å². The Bertz CT molecular complexity index is 441. The molecule has 5 heteroatoms. The molecule has 1 saturated carbocycles. The van der Waals surface area contributed by atoms with Crippen LogP contribution in [0.1, 0.15) is 37.6 Å². The molecule has 1 aliphatic rings. The smallest absolute Gasteiger partial charge is 0.0738 e. The lowest BCUT2D eigenvalue weighted by molar-refractivity contribution is -0.0288. The summed E-state index contributed by atoms with van der Waals surface area (Å²) in [7, 11) is 4.08. The van der Waals surface area contributed by atoms with E-state index in [1.165, 1.54) is 25.0 Å². The largest absolute Gasteiger partial charge is 0.378 e. The summed E-state index contributed by atoms with van der Waals surface area (Å²) in [4.78, 5) is 0. The molecule has 1 aromatic heterocycles. The first-order valence-electron chi connectivity index (χ1n) is 7.51. The molecule has 1 fully saturated rings. The van der Waals surface area contributed by atoms with Gasteiger partial charge in [0.1, 0.15) is 0 Å². The van der Waals surface area contributed by atoms with E-state index in [0.717, 1.165) is 29.1 Å². The highest BCUT2D eigenvalue weighted by Crippen LogP contribution is 2.34. The van der Waals surface area contributed by atoms with E-state index in [4.69, 9.17) is 4.74 Å². The Morgan fingerprint density at radius 1 is 1.50 bits per heavy atom. The molecule has 0 radical (unpaired) electrons. The van der Waals surface area contributed by atoms with Gasteiger partial charge in [-0.2, -0.15) is 5.10 Å². The van der Waals surface area contributed by atoms with Gasteiger partial charge in [-0.25, -0.2) is 0 Å². The van der Waals surface area contributed by atoms with Crippen LogP contribution in [0.25, 0.3) is 0 Å². The van der Waals surface area contributed by atoms with Crippen molar-refractivity contribution >= 4 is 15.9 Å². The van der Waals surface area contributed by atoms with Gasteiger partial charge in [0, 0.05) is 26.1 Å². The molecule has 0 saturated heterocycles. The van der Waals surface area contributed by atoms with E-state index in [2.05, 4.69) is 40.3 Å².